The minimum atomic E-state index is 0. The molecule has 0 saturated carbocycles. The molecule has 1 aliphatic heterocycles. The van der Waals surface area contributed by atoms with Crippen LogP contribution in [0.4, 0.5) is 0 Å². The highest BCUT2D eigenvalue weighted by Crippen LogP contribution is 2.23. The molecule has 2 rings (SSSR count). The van der Waals surface area contributed by atoms with Crippen LogP contribution in [0, 0.1) is 6.92 Å². The Morgan fingerprint density at radius 3 is 2.69 bits per heavy atom. The number of nitrogens with zero attached hydrogens (tertiary/aromatic N) is 1. The van der Waals surface area contributed by atoms with Crippen molar-refractivity contribution >= 4 is 12.4 Å². The Morgan fingerprint density at radius 1 is 1.31 bits per heavy atom. The molecule has 0 aromatic heterocycles. The normalized spacial score (nSPS) is 15.2. The topological polar surface area (TPSA) is 15.3 Å². The molecule has 1 aromatic carbocycles. The Hall–Kier alpha value is -0.570. The molecular formula is C10H15ClN2. The first-order valence-electron chi connectivity index (χ1n) is 4.31. The van der Waals surface area contributed by atoms with Gasteiger partial charge in [0, 0.05) is 13.1 Å². The summed E-state index contributed by atoms with van der Waals surface area (Å²) in [7, 11) is 1.97. The lowest BCUT2D eigenvalue weighted by Gasteiger charge is -2.11. The molecule has 1 aliphatic rings. The standard InChI is InChI=1S/C10H14N2.ClH/c1-8-4-3-5-9-6-12(11-2)7-10(8)9;/h3-5,11H,6-7H2,1-2H3;1H. The summed E-state index contributed by atoms with van der Waals surface area (Å²) in [6, 6.07) is 6.52. The molecular weight excluding hydrogens is 184 g/mol. The van der Waals surface area contributed by atoms with Gasteiger partial charge in [-0.2, -0.15) is 0 Å². The van der Waals surface area contributed by atoms with E-state index in [-0.39, 0.29) is 12.4 Å². The Balaban J connectivity index is 0.000000845. The molecule has 13 heavy (non-hydrogen) atoms. The monoisotopic (exact) mass is 198 g/mol. The fourth-order valence-electron chi connectivity index (χ4n) is 1.75. The van der Waals surface area contributed by atoms with Crippen molar-refractivity contribution in [3.8, 4) is 0 Å². The zero-order valence-corrected chi connectivity index (χ0v) is 8.82. The minimum absolute atomic E-state index is 0. The van der Waals surface area contributed by atoms with Crippen molar-refractivity contribution in [1.29, 1.82) is 0 Å². The second-order valence-corrected chi connectivity index (χ2v) is 3.29. The molecule has 1 N–H and O–H groups in total. The van der Waals surface area contributed by atoms with Crippen LogP contribution in [-0.2, 0) is 13.1 Å². The number of benzene rings is 1. The van der Waals surface area contributed by atoms with E-state index in [2.05, 4.69) is 35.6 Å². The van der Waals surface area contributed by atoms with Gasteiger partial charge in [0.25, 0.3) is 0 Å². The van der Waals surface area contributed by atoms with Gasteiger partial charge >= 0.3 is 0 Å². The van der Waals surface area contributed by atoms with Crippen molar-refractivity contribution in [2.24, 2.45) is 0 Å². The van der Waals surface area contributed by atoms with E-state index < -0.39 is 0 Å². The Kier molecular flexibility index (Phi) is 3.31. The number of nitrogens with one attached hydrogen (secondary N) is 1. The van der Waals surface area contributed by atoms with Gasteiger partial charge in [0.15, 0.2) is 0 Å². The summed E-state index contributed by atoms with van der Waals surface area (Å²) < 4.78 is 0. The van der Waals surface area contributed by atoms with E-state index in [4.69, 9.17) is 0 Å². The summed E-state index contributed by atoms with van der Waals surface area (Å²) in [4.78, 5) is 0. The molecule has 2 nitrogen and oxygen atoms in total. The largest absolute Gasteiger partial charge is 0.258 e. The molecule has 0 atom stereocenters. The Labute approximate surface area is 85.3 Å². The average Bonchev–Trinajstić information content (AvgIpc) is 2.49. The summed E-state index contributed by atoms with van der Waals surface area (Å²) >= 11 is 0. The number of hydrogen-bond acceptors (Lipinski definition) is 2. The van der Waals surface area contributed by atoms with Crippen molar-refractivity contribution in [2.45, 2.75) is 20.0 Å². The maximum atomic E-state index is 3.17. The maximum absolute atomic E-state index is 3.17. The van der Waals surface area contributed by atoms with E-state index in [1.807, 2.05) is 7.05 Å². The molecule has 1 heterocycles. The fourth-order valence-corrected chi connectivity index (χ4v) is 1.75. The van der Waals surface area contributed by atoms with Gasteiger partial charge < -0.3 is 0 Å². The summed E-state index contributed by atoms with van der Waals surface area (Å²) in [6.45, 7) is 4.25. The second kappa shape index (κ2) is 4.09. The smallest absolute Gasteiger partial charge is 0.0391 e. The van der Waals surface area contributed by atoms with Crippen LogP contribution < -0.4 is 5.43 Å². The van der Waals surface area contributed by atoms with Crippen LogP contribution in [0.15, 0.2) is 18.2 Å². The molecule has 0 spiro atoms. The van der Waals surface area contributed by atoms with E-state index in [1.54, 1.807) is 0 Å². The Morgan fingerprint density at radius 2 is 2.08 bits per heavy atom. The van der Waals surface area contributed by atoms with Crippen LogP contribution >= 0.6 is 12.4 Å². The predicted molar refractivity (Wildman–Crippen MR) is 56.7 cm³/mol. The minimum Gasteiger partial charge on any atom is -0.258 e. The van der Waals surface area contributed by atoms with Gasteiger partial charge in [-0.1, -0.05) is 18.2 Å². The van der Waals surface area contributed by atoms with Crippen LogP contribution in [0.1, 0.15) is 16.7 Å². The maximum Gasteiger partial charge on any atom is 0.0391 e. The lowest BCUT2D eigenvalue weighted by molar-refractivity contribution is 0.212. The van der Waals surface area contributed by atoms with Crippen molar-refractivity contribution in [1.82, 2.24) is 10.4 Å². The van der Waals surface area contributed by atoms with Crippen LogP contribution in [0.25, 0.3) is 0 Å². The first-order chi connectivity index (χ1) is 5.81. The molecule has 0 amide bonds. The summed E-state index contributed by atoms with van der Waals surface area (Å²) in [5.41, 5.74) is 7.53. The number of hydrazine groups is 1. The first kappa shape index (κ1) is 10.5. The third-order valence-corrected chi connectivity index (χ3v) is 2.53. The summed E-state index contributed by atoms with van der Waals surface area (Å²) in [5, 5.41) is 2.22. The second-order valence-electron chi connectivity index (χ2n) is 3.29. The van der Waals surface area contributed by atoms with Gasteiger partial charge in [-0.25, -0.2) is 5.01 Å². The SMILES string of the molecule is CNN1Cc2cccc(C)c2C1.Cl. The highest BCUT2D eigenvalue weighted by molar-refractivity contribution is 5.85. The number of halogens is 1. The lowest BCUT2D eigenvalue weighted by Crippen LogP contribution is -2.29. The zero-order valence-electron chi connectivity index (χ0n) is 8.00. The first-order valence-corrected chi connectivity index (χ1v) is 4.31. The molecule has 0 saturated heterocycles. The van der Waals surface area contributed by atoms with E-state index >= 15 is 0 Å². The van der Waals surface area contributed by atoms with Crippen LogP contribution in [-0.4, -0.2) is 12.1 Å². The third-order valence-electron chi connectivity index (χ3n) is 2.53. The summed E-state index contributed by atoms with van der Waals surface area (Å²) in [6.07, 6.45) is 0. The average molecular weight is 199 g/mol. The number of hydrogen-bond donors (Lipinski definition) is 1. The van der Waals surface area contributed by atoms with Crippen molar-refractivity contribution in [3.63, 3.8) is 0 Å². The van der Waals surface area contributed by atoms with Crippen molar-refractivity contribution in [2.75, 3.05) is 7.05 Å². The van der Waals surface area contributed by atoms with Crippen molar-refractivity contribution in [3.05, 3.63) is 34.9 Å². The highest BCUT2D eigenvalue weighted by atomic mass is 35.5. The predicted octanol–water partition coefficient (Wildman–Crippen LogP) is 1.87. The summed E-state index contributed by atoms with van der Waals surface area (Å²) in [5.74, 6) is 0. The number of aryl methyl sites for hydroxylation is 1. The molecule has 1 aromatic rings. The molecule has 0 bridgehead atoms. The molecule has 72 valence electrons. The van der Waals surface area contributed by atoms with Gasteiger partial charge in [0.1, 0.15) is 0 Å². The van der Waals surface area contributed by atoms with E-state index in [1.165, 1.54) is 16.7 Å². The third kappa shape index (κ3) is 1.85. The lowest BCUT2D eigenvalue weighted by atomic mass is 10.1. The van der Waals surface area contributed by atoms with E-state index in [0.717, 1.165) is 13.1 Å². The molecule has 0 aliphatic carbocycles. The number of rotatable bonds is 1. The zero-order chi connectivity index (χ0) is 8.55. The van der Waals surface area contributed by atoms with Crippen molar-refractivity contribution < 1.29 is 0 Å². The van der Waals surface area contributed by atoms with E-state index in [9.17, 15) is 0 Å². The van der Waals surface area contributed by atoms with Gasteiger partial charge in [-0.05, 0) is 30.7 Å². The van der Waals surface area contributed by atoms with Crippen LogP contribution in [0.3, 0.4) is 0 Å². The van der Waals surface area contributed by atoms with Gasteiger partial charge in [-0.3, -0.25) is 5.43 Å². The number of fused-ring (bicyclic) bond motifs is 1. The van der Waals surface area contributed by atoms with Gasteiger partial charge in [0.2, 0.25) is 0 Å². The molecule has 3 heteroatoms. The van der Waals surface area contributed by atoms with Gasteiger partial charge in [-0.15, -0.1) is 12.4 Å². The van der Waals surface area contributed by atoms with Crippen LogP contribution in [0.2, 0.25) is 0 Å². The fraction of sp³-hybridized carbons (Fsp3) is 0.400. The highest BCUT2D eigenvalue weighted by Gasteiger charge is 2.18. The quantitative estimate of drug-likeness (QED) is 0.741. The Bertz CT molecular complexity index is 299. The molecule has 0 fully saturated rings. The molecule has 0 radical (unpaired) electrons. The molecule has 0 unspecified atom stereocenters. The van der Waals surface area contributed by atoms with Gasteiger partial charge in [0.05, 0.1) is 0 Å². The van der Waals surface area contributed by atoms with E-state index in [0.29, 0.717) is 0 Å². The van der Waals surface area contributed by atoms with Crippen LogP contribution in [0.5, 0.6) is 0 Å².